The van der Waals surface area contributed by atoms with Crippen LogP contribution in [0.15, 0.2) is 73.1 Å². The molecule has 48 heavy (non-hydrogen) atoms. The average molecular weight is 671 g/mol. The molecule has 4 aromatic rings. The molecule has 2 atom stereocenters. The summed E-state index contributed by atoms with van der Waals surface area (Å²) >= 11 is 6.20. The Balaban J connectivity index is 1.14. The smallest absolute Gasteiger partial charge is 0.323 e. The number of hydrogen-bond acceptors (Lipinski definition) is 6. The van der Waals surface area contributed by atoms with Crippen LogP contribution in [0.5, 0.6) is 5.75 Å². The molecule has 0 unspecified atom stereocenters. The minimum absolute atomic E-state index is 0.0700. The molecule has 1 saturated carbocycles. The van der Waals surface area contributed by atoms with Gasteiger partial charge in [0.15, 0.2) is 0 Å². The monoisotopic (exact) mass is 670 g/mol. The van der Waals surface area contributed by atoms with E-state index in [9.17, 15) is 19.2 Å². The number of fused-ring (bicyclic) bond motifs is 3. The van der Waals surface area contributed by atoms with Gasteiger partial charge in [-0.2, -0.15) is 5.10 Å². The Morgan fingerprint density at radius 3 is 2.54 bits per heavy atom. The molecule has 2 N–H and O–H groups in total. The summed E-state index contributed by atoms with van der Waals surface area (Å²) in [6.45, 7) is 1.93. The molecule has 1 aliphatic carbocycles. The van der Waals surface area contributed by atoms with E-state index in [1.807, 2.05) is 54.4 Å². The number of hydrogen-bond donors (Lipinski definition) is 2. The first-order valence-corrected chi connectivity index (χ1v) is 16.1. The van der Waals surface area contributed by atoms with E-state index in [1.54, 1.807) is 23.0 Å². The van der Waals surface area contributed by atoms with Gasteiger partial charge in [-0.15, -0.1) is 0 Å². The Hall–Kier alpha value is -5.16. The second-order valence-electron chi connectivity index (χ2n) is 12.2. The molecular formula is C36H35ClN4O7. The maximum absolute atomic E-state index is 13.5. The largest absolute Gasteiger partial charge is 0.493 e. The first kappa shape index (κ1) is 32.8. The summed E-state index contributed by atoms with van der Waals surface area (Å²) in [5.41, 5.74) is 5.86. The summed E-state index contributed by atoms with van der Waals surface area (Å²) in [6.07, 6.45) is 5.70. The lowest BCUT2D eigenvalue weighted by atomic mass is 9.92. The van der Waals surface area contributed by atoms with E-state index in [0.717, 1.165) is 50.6 Å². The molecule has 0 bridgehead atoms. The lowest BCUT2D eigenvalue weighted by Gasteiger charge is -2.30. The number of carboxylic acid groups (broad SMARTS) is 2. The standard InChI is InChI=1S/C36H35ClN4O7/c1-22-29(37)9-4-11-31(22)48-13-5-12-32(42)41-19-25-15-28(25)35-27(8-3-10-30(35)41)26-16-38-40(18-26)17-23-6-2-7-24(14-23)36(47)39(20-33(43)44)21-34(45)46/h2-4,6-11,14,16,18,25,28H,5,12-13,15,17,19-21H2,1H3,(H,43,44)(H,45,46)/t25-,28-/m0/s1. The van der Waals surface area contributed by atoms with Crippen molar-refractivity contribution < 1.29 is 34.1 Å². The molecule has 0 saturated heterocycles. The SMILES string of the molecule is Cc1c(Cl)cccc1OCCCC(=O)N1C[C@@H]2C[C@@H]2c2c(-c3cnn(Cc4cccc(C(=O)N(CC(=O)O)CC(=O)O)c4)c3)cccc21. The maximum atomic E-state index is 13.5. The molecule has 6 rings (SSSR count). The summed E-state index contributed by atoms with van der Waals surface area (Å²) in [5, 5.41) is 23.5. The molecular weight excluding hydrogens is 636 g/mol. The van der Waals surface area contributed by atoms with E-state index < -0.39 is 30.9 Å². The van der Waals surface area contributed by atoms with Gasteiger partial charge in [0.05, 0.1) is 19.3 Å². The van der Waals surface area contributed by atoms with Crippen molar-refractivity contribution in [2.75, 3.05) is 31.1 Å². The highest BCUT2D eigenvalue weighted by atomic mass is 35.5. The van der Waals surface area contributed by atoms with E-state index in [2.05, 4.69) is 11.2 Å². The number of amides is 2. The summed E-state index contributed by atoms with van der Waals surface area (Å²) in [5.74, 6) is -1.67. The Labute approximate surface area is 282 Å². The number of rotatable bonds is 13. The molecule has 0 radical (unpaired) electrons. The van der Waals surface area contributed by atoms with Gasteiger partial charge < -0.3 is 24.7 Å². The van der Waals surface area contributed by atoms with Crippen LogP contribution in [0.2, 0.25) is 5.02 Å². The molecule has 0 spiro atoms. The molecule has 1 aromatic heterocycles. The van der Waals surface area contributed by atoms with Gasteiger partial charge >= 0.3 is 11.9 Å². The zero-order chi connectivity index (χ0) is 33.9. The van der Waals surface area contributed by atoms with Crippen LogP contribution in [0.4, 0.5) is 5.69 Å². The van der Waals surface area contributed by atoms with Gasteiger partial charge in [0, 0.05) is 46.6 Å². The molecule has 2 heterocycles. The van der Waals surface area contributed by atoms with Gasteiger partial charge in [0.1, 0.15) is 18.8 Å². The van der Waals surface area contributed by atoms with Crippen LogP contribution < -0.4 is 9.64 Å². The second-order valence-corrected chi connectivity index (χ2v) is 12.6. The van der Waals surface area contributed by atoms with Gasteiger partial charge in [-0.3, -0.25) is 23.9 Å². The topological polar surface area (TPSA) is 142 Å². The quantitative estimate of drug-likeness (QED) is 0.178. The minimum atomic E-state index is -1.30. The first-order chi connectivity index (χ1) is 23.1. The molecule has 248 valence electrons. The fraction of sp³-hybridized carbons (Fsp3) is 0.306. The van der Waals surface area contributed by atoms with E-state index in [4.69, 9.17) is 26.6 Å². The van der Waals surface area contributed by atoms with Crippen LogP contribution in [0.25, 0.3) is 11.1 Å². The van der Waals surface area contributed by atoms with E-state index >= 15 is 0 Å². The molecule has 1 fully saturated rings. The van der Waals surface area contributed by atoms with Crippen molar-refractivity contribution in [2.24, 2.45) is 5.92 Å². The molecule has 2 amide bonds. The van der Waals surface area contributed by atoms with E-state index in [1.165, 1.54) is 6.07 Å². The highest BCUT2D eigenvalue weighted by molar-refractivity contribution is 6.31. The van der Waals surface area contributed by atoms with Crippen molar-refractivity contribution in [1.82, 2.24) is 14.7 Å². The van der Waals surface area contributed by atoms with Crippen molar-refractivity contribution in [1.29, 1.82) is 0 Å². The lowest BCUT2D eigenvalue weighted by Crippen LogP contribution is -2.39. The number of anilines is 1. The van der Waals surface area contributed by atoms with Crippen LogP contribution in [0.3, 0.4) is 0 Å². The Bertz CT molecular complexity index is 1870. The lowest BCUT2D eigenvalue weighted by molar-refractivity contribution is -0.140. The predicted octanol–water partition coefficient (Wildman–Crippen LogP) is 5.48. The summed E-state index contributed by atoms with van der Waals surface area (Å²) < 4.78 is 7.66. The van der Waals surface area contributed by atoms with Crippen molar-refractivity contribution in [2.45, 2.75) is 38.6 Å². The number of nitrogens with zero attached hydrogens (tertiary/aromatic N) is 4. The Morgan fingerprint density at radius 1 is 1.02 bits per heavy atom. The molecule has 1 aliphatic heterocycles. The molecule has 2 aliphatic rings. The maximum Gasteiger partial charge on any atom is 0.323 e. The normalized spacial score (nSPS) is 16.1. The Morgan fingerprint density at radius 2 is 1.77 bits per heavy atom. The highest BCUT2D eigenvalue weighted by Crippen LogP contribution is 2.57. The number of aromatic nitrogens is 2. The number of carbonyl (C=O) groups excluding carboxylic acids is 2. The fourth-order valence-electron chi connectivity index (χ4n) is 6.37. The third-order valence-corrected chi connectivity index (χ3v) is 9.21. The van der Waals surface area contributed by atoms with Crippen molar-refractivity contribution in [3.8, 4) is 16.9 Å². The van der Waals surface area contributed by atoms with Gasteiger partial charge in [-0.05, 0) is 78.6 Å². The summed E-state index contributed by atoms with van der Waals surface area (Å²) in [6, 6.07) is 18.2. The first-order valence-electron chi connectivity index (χ1n) is 15.7. The van der Waals surface area contributed by atoms with Crippen LogP contribution in [0, 0.1) is 12.8 Å². The number of halogens is 1. The van der Waals surface area contributed by atoms with Crippen molar-refractivity contribution in [3.63, 3.8) is 0 Å². The van der Waals surface area contributed by atoms with Crippen LogP contribution in [0.1, 0.15) is 52.2 Å². The van der Waals surface area contributed by atoms with Crippen LogP contribution in [-0.2, 0) is 20.9 Å². The van der Waals surface area contributed by atoms with Crippen molar-refractivity contribution in [3.05, 3.63) is 100 Å². The van der Waals surface area contributed by atoms with Crippen molar-refractivity contribution >= 4 is 41.0 Å². The number of ether oxygens (including phenoxy) is 1. The summed E-state index contributed by atoms with van der Waals surface area (Å²) in [4.78, 5) is 51.5. The Kier molecular flexibility index (Phi) is 9.49. The van der Waals surface area contributed by atoms with Gasteiger partial charge in [0.25, 0.3) is 5.91 Å². The minimum Gasteiger partial charge on any atom is -0.493 e. The second kappa shape index (κ2) is 13.9. The molecule has 12 heteroatoms. The van der Waals surface area contributed by atoms with Crippen LogP contribution >= 0.6 is 11.6 Å². The van der Waals surface area contributed by atoms with Gasteiger partial charge in [-0.1, -0.05) is 41.9 Å². The zero-order valence-corrected chi connectivity index (χ0v) is 27.1. The third-order valence-electron chi connectivity index (χ3n) is 8.80. The zero-order valence-electron chi connectivity index (χ0n) is 26.3. The molecule has 3 aromatic carbocycles. The average Bonchev–Trinajstić information content (AvgIpc) is 3.71. The fourth-order valence-corrected chi connectivity index (χ4v) is 6.54. The highest BCUT2D eigenvalue weighted by Gasteiger charge is 2.47. The molecule has 11 nitrogen and oxygen atoms in total. The van der Waals surface area contributed by atoms with Gasteiger partial charge in [0.2, 0.25) is 5.91 Å². The van der Waals surface area contributed by atoms with E-state index in [-0.39, 0.29) is 11.5 Å². The van der Waals surface area contributed by atoms with E-state index in [0.29, 0.717) is 49.4 Å². The number of carboxylic acids is 2. The summed E-state index contributed by atoms with van der Waals surface area (Å²) in [7, 11) is 0. The predicted molar refractivity (Wildman–Crippen MR) is 179 cm³/mol. The van der Waals surface area contributed by atoms with Crippen LogP contribution in [-0.4, -0.2) is 74.9 Å². The third kappa shape index (κ3) is 7.21. The number of benzene rings is 3. The number of aliphatic carboxylic acids is 2. The number of carbonyl (C=O) groups is 4. The van der Waals surface area contributed by atoms with Gasteiger partial charge in [-0.25, -0.2) is 0 Å².